The van der Waals surface area contributed by atoms with Crippen LogP contribution in [0.25, 0.3) is 22.5 Å². The van der Waals surface area contributed by atoms with Gasteiger partial charge >= 0.3 is 0 Å². The van der Waals surface area contributed by atoms with E-state index in [0.717, 1.165) is 46.7 Å². The molecule has 6 aromatic rings. The predicted octanol–water partition coefficient (Wildman–Crippen LogP) is 7.23. The lowest BCUT2D eigenvalue weighted by molar-refractivity contribution is -0.136. The zero-order valence-electron chi connectivity index (χ0n) is 40.5. The van der Waals surface area contributed by atoms with Crippen LogP contribution in [-0.2, 0) is 35.5 Å². The van der Waals surface area contributed by atoms with Crippen molar-refractivity contribution in [3.63, 3.8) is 0 Å². The van der Waals surface area contributed by atoms with Gasteiger partial charge in [-0.2, -0.15) is 10.2 Å². The Balaban J connectivity index is 0.938. The molecule has 4 atom stereocenters. The molecule has 0 saturated carbocycles. The first-order valence-electron chi connectivity index (χ1n) is 23.3. The Morgan fingerprint density at radius 1 is 0.543 bits per heavy atom. The van der Waals surface area contributed by atoms with Crippen LogP contribution in [0.3, 0.4) is 0 Å². The van der Waals surface area contributed by atoms with Crippen LogP contribution in [0, 0.1) is 0 Å². The second-order valence-corrected chi connectivity index (χ2v) is 19.7. The summed E-state index contributed by atoms with van der Waals surface area (Å²) >= 11 is 0. The lowest BCUT2D eigenvalue weighted by Crippen LogP contribution is -2.50. The molecule has 0 radical (unpaired) electrons. The summed E-state index contributed by atoms with van der Waals surface area (Å²) in [5, 5.41) is 9.99. The number of aromatic nitrogens is 4. The molecule has 2 aliphatic rings. The van der Waals surface area contributed by atoms with Crippen molar-refractivity contribution < 1.29 is 38.0 Å². The Bertz CT molecular complexity index is 2500. The molecule has 2 amide bonds. The number of carbonyl (C=O) groups is 2. The summed E-state index contributed by atoms with van der Waals surface area (Å²) in [5.74, 6) is 3.52. The highest BCUT2D eigenvalue weighted by Crippen LogP contribution is 2.44. The van der Waals surface area contributed by atoms with Gasteiger partial charge in [0.05, 0.1) is 103 Å². The number of benzene rings is 4. The van der Waals surface area contributed by atoms with Gasteiger partial charge < -0.3 is 49.7 Å². The standard InChI is InChI=1S/C52H62N8O8S2/c1-63-45-25-35(26-46(64-2)49(45)67-5)39-29-43-41(19-17-33-13-9-7-10-14-33)57(21-23-59(43)55-39)51(61)37(53)31-69-70-32-38(54)52(62)58-22-24-60-44(42(58)20-18-34-15-11-8-12-16-34)30-40(56-60)36-27-47(65-3)50(68-6)48(28-36)66-4/h7-16,25-30,37-38,41-42H,17-24,31-32,53-54H2,1-6H3/t37-,38?,41?,42?/m0/s1. The number of hydrogen-bond donors (Lipinski definition) is 2. The molecule has 70 heavy (non-hydrogen) atoms. The van der Waals surface area contributed by atoms with Gasteiger partial charge in [-0.1, -0.05) is 82.3 Å². The molecular weight excluding hydrogens is 929 g/mol. The summed E-state index contributed by atoms with van der Waals surface area (Å²) in [4.78, 5) is 32.5. The molecule has 18 heteroatoms. The minimum absolute atomic E-state index is 0.134. The number of methoxy groups -OCH3 is 6. The van der Waals surface area contributed by atoms with Crippen LogP contribution in [0.4, 0.5) is 0 Å². The first-order chi connectivity index (χ1) is 34.1. The monoisotopic (exact) mass is 990 g/mol. The molecule has 2 aromatic heterocycles. The Morgan fingerprint density at radius 2 is 0.900 bits per heavy atom. The van der Waals surface area contributed by atoms with E-state index in [1.54, 1.807) is 42.7 Å². The fourth-order valence-electron chi connectivity index (χ4n) is 9.38. The molecule has 4 aromatic carbocycles. The first-order valence-corrected chi connectivity index (χ1v) is 25.8. The highest BCUT2D eigenvalue weighted by Gasteiger charge is 2.37. The molecule has 8 rings (SSSR count). The van der Waals surface area contributed by atoms with E-state index in [0.29, 0.717) is 85.0 Å². The molecule has 370 valence electrons. The molecule has 2 aliphatic heterocycles. The quantitative estimate of drug-likeness (QED) is 0.0544. The van der Waals surface area contributed by atoms with Crippen LogP contribution in [0.2, 0.25) is 0 Å². The van der Waals surface area contributed by atoms with Crippen LogP contribution in [0.1, 0.15) is 47.4 Å². The Morgan fingerprint density at radius 3 is 1.23 bits per heavy atom. The summed E-state index contributed by atoms with van der Waals surface area (Å²) in [5.41, 5.74) is 20.7. The summed E-state index contributed by atoms with van der Waals surface area (Å²) < 4.78 is 37.7. The second-order valence-electron chi connectivity index (χ2n) is 17.1. The number of amides is 2. The summed E-state index contributed by atoms with van der Waals surface area (Å²) in [6.45, 7) is 1.93. The first kappa shape index (κ1) is 50.1. The number of ether oxygens (including phenoxy) is 6. The summed E-state index contributed by atoms with van der Waals surface area (Å²) in [6, 6.07) is 30.0. The zero-order chi connectivity index (χ0) is 49.3. The van der Waals surface area contributed by atoms with Crippen LogP contribution in [0.5, 0.6) is 34.5 Å². The molecule has 16 nitrogen and oxygen atoms in total. The fourth-order valence-corrected chi connectivity index (χ4v) is 11.6. The SMILES string of the molecule is COc1cc(-c2cc3n(n2)CCN(C(=O)C(N)CSSC[C@H](N)C(=O)N2CCn4nc(-c5cc(OC)c(OC)c(OC)c5)cc4C2CCc2ccccc2)C3CCc2ccccc2)cc(OC)c1OC. The summed E-state index contributed by atoms with van der Waals surface area (Å²) in [6.07, 6.45) is 2.87. The van der Waals surface area contributed by atoms with Crippen molar-refractivity contribution in [3.8, 4) is 57.0 Å². The lowest BCUT2D eigenvalue weighted by atomic mass is 9.98. The van der Waals surface area contributed by atoms with Crippen molar-refractivity contribution in [1.29, 1.82) is 0 Å². The van der Waals surface area contributed by atoms with Gasteiger partial charge in [0.25, 0.3) is 0 Å². The number of carbonyl (C=O) groups excluding carboxylic acids is 2. The van der Waals surface area contributed by atoms with Crippen LogP contribution in [0.15, 0.2) is 97.1 Å². The van der Waals surface area contributed by atoms with Gasteiger partial charge in [-0.3, -0.25) is 19.0 Å². The van der Waals surface area contributed by atoms with Gasteiger partial charge in [0.2, 0.25) is 23.3 Å². The highest BCUT2D eigenvalue weighted by atomic mass is 33.1. The topological polar surface area (TPSA) is 184 Å². The molecular formula is C52H62N8O8S2. The van der Waals surface area contributed by atoms with E-state index in [2.05, 4.69) is 24.3 Å². The third-order valence-electron chi connectivity index (χ3n) is 13.0. The van der Waals surface area contributed by atoms with Crippen molar-refractivity contribution in [2.75, 3.05) is 67.3 Å². The normalized spacial score (nSPS) is 16.2. The van der Waals surface area contributed by atoms with Crippen molar-refractivity contribution in [1.82, 2.24) is 29.4 Å². The maximum atomic E-state index is 14.4. The predicted molar refractivity (Wildman–Crippen MR) is 274 cm³/mol. The van der Waals surface area contributed by atoms with Crippen LogP contribution in [-0.4, -0.2) is 121 Å². The Labute approximate surface area is 417 Å². The minimum atomic E-state index is -0.780. The van der Waals surface area contributed by atoms with E-state index in [1.165, 1.54) is 32.7 Å². The molecule has 0 spiro atoms. The lowest BCUT2D eigenvalue weighted by Gasteiger charge is -2.38. The van der Waals surface area contributed by atoms with Crippen molar-refractivity contribution in [3.05, 3.63) is 120 Å². The van der Waals surface area contributed by atoms with Gasteiger partial charge in [0.1, 0.15) is 0 Å². The van der Waals surface area contributed by atoms with E-state index in [9.17, 15) is 9.59 Å². The van der Waals surface area contributed by atoms with Gasteiger partial charge in [0.15, 0.2) is 23.0 Å². The molecule has 3 unspecified atom stereocenters. The maximum Gasteiger partial charge on any atom is 0.241 e. The largest absolute Gasteiger partial charge is 0.493 e. The smallest absolute Gasteiger partial charge is 0.241 e. The minimum Gasteiger partial charge on any atom is -0.493 e. The summed E-state index contributed by atoms with van der Waals surface area (Å²) in [7, 11) is 12.4. The maximum absolute atomic E-state index is 14.4. The van der Waals surface area contributed by atoms with Gasteiger partial charge in [0, 0.05) is 35.7 Å². The molecule has 0 fully saturated rings. The number of fused-ring (bicyclic) bond motifs is 2. The zero-order valence-corrected chi connectivity index (χ0v) is 42.2. The van der Waals surface area contributed by atoms with Crippen LogP contribution < -0.4 is 39.9 Å². The number of rotatable bonds is 21. The van der Waals surface area contributed by atoms with Crippen LogP contribution >= 0.6 is 21.6 Å². The fraction of sp³-hybridized carbons (Fsp3) is 0.385. The van der Waals surface area contributed by atoms with Crippen molar-refractivity contribution in [2.24, 2.45) is 11.5 Å². The molecule has 0 bridgehead atoms. The van der Waals surface area contributed by atoms with Crippen molar-refractivity contribution in [2.45, 2.75) is 62.9 Å². The van der Waals surface area contributed by atoms with E-state index in [-0.39, 0.29) is 23.9 Å². The number of nitrogens with zero attached hydrogens (tertiary/aromatic N) is 6. The average molecular weight is 991 g/mol. The average Bonchev–Trinajstić information content (AvgIpc) is 4.05. The van der Waals surface area contributed by atoms with Gasteiger partial charge in [-0.15, -0.1) is 0 Å². The van der Waals surface area contributed by atoms with E-state index in [4.69, 9.17) is 50.1 Å². The second kappa shape index (κ2) is 23.1. The Hall–Kier alpha value is -6.34. The highest BCUT2D eigenvalue weighted by molar-refractivity contribution is 8.76. The third kappa shape index (κ3) is 10.8. The van der Waals surface area contributed by atoms with E-state index in [1.807, 2.05) is 92.0 Å². The van der Waals surface area contributed by atoms with Gasteiger partial charge in [-0.25, -0.2) is 0 Å². The van der Waals surface area contributed by atoms with Gasteiger partial charge in [-0.05, 0) is 73.2 Å². The molecule has 4 N–H and O–H groups in total. The number of nitrogens with two attached hydrogens (primary N) is 2. The van der Waals surface area contributed by atoms with Crippen molar-refractivity contribution >= 4 is 33.4 Å². The number of hydrogen-bond acceptors (Lipinski definition) is 14. The number of aryl methyl sites for hydroxylation is 2. The van der Waals surface area contributed by atoms with E-state index < -0.39 is 12.1 Å². The Kier molecular flexibility index (Phi) is 16.5. The molecule has 0 aliphatic carbocycles. The molecule has 0 saturated heterocycles. The van der Waals surface area contributed by atoms with E-state index >= 15 is 0 Å². The molecule has 4 heterocycles. The third-order valence-corrected chi connectivity index (χ3v) is 15.4.